The molecule has 0 radical (unpaired) electrons. The van der Waals surface area contributed by atoms with Crippen LogP contribution in [0.1, 0.15) is 27.7 Å². The zero-order valence-corrected chi connectivity index (χ0v) is 16.2. The van der Waals surface area contributed by atoms with Crippen LogP contribution in [0, 0.1) is 0 Å². The molecule has 1 N–H and O–H groups in total. The average molecular weight is 372 g/mol. The molecule has 0 spiro atoms. The van der Waals surface area contributed by atoms with E-state index in [1.54, 1.807) is 0 Å². The van der Waals surface area contributed by atoms with Crippen LogP contribution in [0.4, 0.5) is 0 Å². The number of piperazine rings is 1. The van der Waals surface area contributed by atoms with Crippen LogP contribution in [0.5, 0.6) is 0 Å². The van der Waals surface area contributed by atoms with E-state index >= 15 is 0 Å². The maximum absolute atomic E-state index is 6.18. The summed E-state index contributed by atoms with van der Waals surface area (Å²) in [6.45, 7) is 13.8. The van der Waals surface area contributed by atoms with E-state index in [-0.39, 0.29) is 24.4 Å². The van der Waals surface area contributed by atoms with Gasteiger partial charge >= 0.3 is 0 Å². The molecule has 0 amide bonds. The molecule has 0 aromatic rings. The SMILES string of the molecule is CC1(C)O[C@@H]2[C@H](O1)[C@@H](OCCN1CCNCC1)O[C@@H]2[C@H]1COC(C)(C)O1. The molecule has 4 heterocycles. The molecule has 0 unspecified atom stereocenters. The van der Waals surface area contributed by atoms with E-state index in [2.05, 4.69) is 10.2 Å². The molecule has 5 atom stereocenters. The number of nitrogens with one attached hydrogen (secondary N) is 1. The number of ether oxygens (including phenoxy) is 6. The van der Waals surface area contributed by atoms with Crippen molar-refractivity contribution in [2.75, 3.05) is 45.9 Å². The van der Waals surface area contributed by atoms with Gasteiger partial charge in [0, 0.05) is 32.7 Å². The molecule has 0 aliphatic carbocycles. The van der Waals surface area contributed by atoms with E-state index in [4.69, 9.17) is 28.4 Å². The summed E-state index contributed by atoms with van der Waals surface area (Å²) >= 11 is 0. The van der Waals surface area contributed by atoms with Gasteiger partial charge in [0.05, 0.1) is 13.2 Å². The molecule has 8 nitrogen and oxygen atoms in total. The third-order valence-corrected chi connectivity index (χ3v) is 5.34. The normalized spacial score (nSPS) is 42.2. The first-order chi connectivity index (χ1) is 12.3. The maximum Gasteiger partial charge on any atom is 0.187 e. The first kappa shape index (κ1) is 19.0. The van der Waals surface area contributed by atoms with Gasteiger partial charge in [0.15, 0.2) is 17.9 Å². The molecule has 4 saturated heterocycles. The molecule has 4 rings (SSSR count). The first-order valence-corrected chi connectivity index (χ1v) is 9.71. The number of rotatable bonds is 5. The van der Waals surface area contributed by atoms with Gasteiger partial charge in [0.2, 0.25) is 0 Å². The molecular formula is C18H32N2O6. The van der Waals surface area contributed by atoms with Crippen molar-refractivity contribution in [3.8, 4) is 0 Å². The summed E-state index contributed by atoms with van der Waals surface area (Å²) in [5.74, 6) is -1.24. The summed E-state index contributed by atoms with van der Waals surface area (Å²) in [7, 11) is 0. The highest BCUT2D eigenvalue weighted by atomic mass is 16.8. The Morgan fingerprint density at radius 2 is 1.69 bits per heavy atom. The van der Waals surface area contributed by atoms with E-state index < -0.39 is 17.9 Å². The highest BCUT2D eigenvalue weighted by Crippen LogP contribution is 2.42. The van der Waals surface area contributed by atoms with Gasteiger partial charge in [-0.1, -0.05) is 0 Å². The van der Waals surface area contributed by atoms with Crippen LogP contribution in [0.3, 0.4) is 0 Å². The molecule has 8 heteroatoms. The number of hydrogen-bond donors (Lipinski definition) is 1. The zero-order chi connectivity index (χ0) is 18.4. The highest BCUT2D eigenvalue weighted by Gasteiger charge is 2.59. The topological polar surface area (TPSA) is 70.7 Å². The highest BCUT2D eigenvalue weighted by molar-refractivity contribution is 4.99. The van der Waals surface area contributed by atoms with Gasteiger partial charge in [-0.15, -0.1) is 0 Å². The summed E-state index contributed by atoms with van der Waals surface area (Å²) < 4.78 is 36.2. The Morgan fingerprint density at radius 1 is 0.962 bits per heavy atom. The fourth-order valence-electron chi connectivity index (χ4n) is 4.13. The van der Waals surface area contributed by atoms with Crippen molar-refractivity contribution in [2.24, 2.45) is 0 Å². The molecule has 26 heavy (non-hydrogen) atoms. The van der Waals surface area contributed by atoms with Crippen molar-refractivity contribution in [2.45, 2.75) is 70.0 Å². The van der Waals surface area contributed by atoms with Gasteiger partial charge in [-0.2, -0.15) is 0 Å². The van der Waals surface area contributed by atoms with E-state index in [0.29, 0.717) is 13.2 Å². The minimum Gasteiger partial charge on any atom is -0.349 e. The lowest BCUT2D eigenvalue weighted by Crippen LogP contribution is -2.45. The van der Waals surface area contributed by atoms with Crippen LogP contribution in [-0.2, 0) is 28.4 Å². The average Bonchev–Trinajstić information content (AvgIpc) is 3.19. The fraction of sp³-hybridized carbons (Fsp3) is 1.00. The maximum atomic E-state index is 6.18. The summed E-state index contributed by atoms with van der Waals surface area (Å²) in [4.78, 5) is 2.40. The van der Waals surface area contributed by atoms with Crippen molar-refractivity contribution in [3.05, 3.63) is 0 Å². The lowest BCUT2D eigenvalue weighted by molar-refractivity contribution is -0.248. The van der Waals surface area contributed by atoms with Crippen LogP contribution in [0.25, 0.3) is 0 Å². The van der Waals surface area contributed by atoms with Gasteiger partial charge in [-0.05, 0) is 27.7 Å². The van der Waals surface area contributed by atoms with Crippen molar-refractivity contribution in [3.63, 3.8) is 0 Å². The van der Waals surface area contributed by atoms with Crippen LogP contribution in [0.2, 0.25) is 0 Å². The van der Waals surface area contributed by atoms with E-state index in [9.17, 15) is 0 Å². The predicted octanol–water partition coefficient (Wildman–Crippen LogP) is 0.305. The number of nitrogens with zero attached hydrogens (tertiary/aromatic N) is 1. The molecule has 4 fully saturated rings. The second kappa shape index (κ2) is 7.25. The molecule has 150 valence electrons. The number of hydrogen-bond acceptors (Lipinski definition) is 8. The van der Waals surface area contributed by atoms with Crippen LogP contribution in [0.15, 0.2) is 0 Å². The summed E-state index contributed by atoms with van der Waals surface area (Å²) in [5, 5.41) is 3.36. The van der Waals surface area contributed by atoms with E-state index in [1.165, 1.54) is 0 Å². The third kappa shape index (κ3) is 4.07. The smallest absolute Gasteiger partial charge is 0.187 e. The molecule has 0 saturated carbocycles. The van der Waals surface area contributed by atoms with Crippen molar-refractivity contribution < 1.29 is 28.4 Å². The van der Waals surface area contributed by atoms with Gasteiger partial charge in [0.1, 0.15) is 24.4 Å². The summed E-state index contributed by atoms with van der Waals surface area (Å²) in [6, 6.07) is 0. The second-order valence-corrected chi connectivity index (χ2v) is 8.36. The molecular weight excluding hydrogens is 340 g/mol. The number of fused-ring (bicyclic) bond motifs is 1. The fourth-order valence-corrected chi connectivity index (χ4v) is 4.13. The first-order valence-electron chi connectivity index (χ1n) is 9.71. The standard InChI is InChI=1S/C18H32N2O6/c1-17(2)22-11-12(24-17)13-14-15(26-18(3,4)25-14)16(23-13)21-10-9-20-7-5-19-6-8-20/h12-16,19H,5-11H2,1-4H3/t12-,13-,14+,15+,16+/m1/s1. The minimum absolute atomic E-state index is 0.184. The molecule has 0 aromatic carbocycles. The Labute approximate surface area is 155 Å². The second-order valence-electron chi connectivity index (χ2n) is 8.36. The molecule has 4 aliphatic heterocycles. The van der Waals surface area contributed by atoms with Crippen LogP contribution in [-0.4, -0.2) is 93.1 Å². The van der Waals surface area contributed by atoms with Crippen molar-refractivity contribution >= 4 is 0 Å². The van der Waals surface area contributed by atoms with Gasteiger partial charge in [-0.3, -0.25) is 4.90 Å². The molecule has 0 bridgehead atoms. The van der Waals surface area contributed by atoms with Crippen molar-refractivity contribution in [1.82, 2.24) is 10.2 Å². The Bertz CT molecular complexity index is 496. The minimum atomic E-state index is -0.646. The van der Waals surface area contributed by atoms with Gasteiger partial charge < -0.3 is 33.7 Å². The molecule has 4 aliphatic rings. The largest absolute Gasteiger partial charge is 0.349 e. The van der Waals surface area contributed by atoms with E-state index in [0.717, 1.165) is 32.7 Å². The quantitative estimate of drug-likeness (QED) is 0.739. The Hall–Kier alpha value is -0.320. The Morgan fingerprint density at radius 3 is 2.38 bits per heavy atom. The Kier molecular flexibility index (Phi) is 5.31. The van der Waals surface area contributed by atoms with Gasteiger partial charge in [-0.25, -0.2) is 0 Å². The predicted molar refractivity (Wildman–Crippen MR) is 92.7 cm³/mol. The van der Waals surface area contributed by atoms with E-state index in [1.807, 2.05) is 27.7 Å². The molecule has 0 aromatic heterocycles. The monoisotopic (exact) mass is 372 g/mol. The zero-order valence-electron chi connectivity index (χ0n) is 16.2. The Balaban J connectivity index is 1.36. The van der Waals surface area contributed by atoms with Crippen LogP contribution >= 0.6 is 0 Å². The van der Waals surface area contributed by atoms with Crippen LogP contribution < -0.4 is 5.32 Å². The lowest BCUT2D eigenvalue weighted by atomic mass is 10.1. The summed E-state index contributed by atoms with van der Waals surface area (Å²) in [5.41, 5.74) is 0. The van der Waals surface area contributed by atoms with Crippen molar-refractivity contribution in [1.29, 1.82) is 0 Å². The third-order valence-electron chi connectivity index (χ3n) is 5.34. The van der Waals surface area contributed by atoms with Gasteiger partial charge in [0.25, 0.3) is 0 Å². The summed E-state index contributed by atoms with van der Waals surface area (Å²) in [6.07, 6.45) is -1.34. The lowest BCUT2D eigenvalue weighted by Gasteiger charge is -2.29.